The fourth-order valence-corrected chi connectivity index (χ4v) is 2.03. The molecule has 0 amide bonds. The number of hydrogen-bond acceptors (Lipinski definition) is 6. The summed E-state index contributed by atoms with van der Waals surface area (Å²) in [5, 5.41) is 9.11. The van der Waals surface area contributed by atoms with Gasteiger partial charge in [0.25, 0.3) is 0 Å². The summed E-state index contributed by atoms with van der Waals surface area (Å²) in [6.07, 6.45) is -2.27. The van der Waals surface area contributed by atoms with E-state index in [2.05, 4.69) is 0 Å². The molecular formula is C10H16O6. The highest BCUT2D eigenvalue weighted by Gasteiger charge is 2.56. The molecule has 0 aromatic heterocycles. The second-order valence-corrected chi connectivity index (χ2v) is 4.40. The van der Waals surface area contributed by atoms with Crippen LogP contribution in [0.2, 0.25) is 0 Å². The summed E-state index contributed by atoms with van der Waals surface area (Å²) >= 11 is 0. The molecule has 2 aliphatic heterocycles. The normalized spacial score (nSPS) is 40.8. The Hall–Kier alpha value is -0.690. The molecule has 6 heteroatoms. The van der Waals surface area contributed by atoms with Crippen LogP contribution >= 0.6 is 0 Å². The Labute approximate surface area is 93.4 Å². The van der Waals surface area contributed by atoms with Crippen molar-refractivity contribution in [3.05, 3.63) is 0 Å². The number of fused-ring (bicyclic) bond motifs is 1. The lowest BCUT2D eigenvalue weighted by molar-refractivity contribution is -0.221. The quantitative estimate of drug-likeness (QED) is 0.664. The first-order valence-electron chi connectivity index (χ1n) is 5.22. The molecule has 0 aromatic carbocycles. The third kappa shape index (κ3) is 2.06. The molecular weight excluding hydrogens is 216 g/mol. The van der Waals surface area contributed by atoms with Crippen LogP contribution in [0.3, 0.4) is 0 Å². The number of aliphatic hydroxyl groups is 1. The smallest absolute Gasteiger partial charge is 0.303 e. The maximum absolute atomic E-state index is 11.0. The minimum atomic E-state index is -0.756. The summed E-state index contributed by atoms with van der Waals surface area (Å²) in [5.74, 6) is -1.19. The van der Waals surface area contributed by atoms with E-state index in [0.29, 0.717) is 0 Å². The van der Waals surface area contributed by atoms with Gasteiger partial charge >= 0.3 is 5.97 Å². The lowest BCUT2D eigenvalue weighted by Crippen LogP contribution is -2.39. The minimum absolute atomic E-state index is 0.238. The number of aliphatic hydroxyl groups excluding tert-OH is 1. The average molecular weight is 232 g/mol. The van der Waals surface area contributed by atoms with E-state index in [1.54, 1.807) is 13.8 Å². The van der Waals surface area contributed by atoms with Crippen molar-refractivity contribution in [3.63, 3.8) is 0 Å². The van der Waals surface area contributed by atoms with E-state index in [1.807, 2.05) is 0 Å². The molecule has 0 spiro atoms. The maximum Gasteiger partial charge on any atom is 0.303 e. The van der Waals surface area contributed by atoms with Gasteiger partial charge in [-0.3, -0.25) is 4.79 Å². The Morgan fingerprint density at radius 3 is 2.69 bits per heavy atom. The molecule has 16 heavy (non-hydrogen) atoms. The van der Waals surface area contributed by atoms with Gasteiger partial charge in [-0.2, -0.15) is 0 Å². The highest BCUT2D eigenvalue weighted by molar-refractivity contribution is 5.66. The number of carbonyl (C=O) groups excluding carboxylic acids is 1. The van der Waals surface area contributed by atoms with E-state index in [-0.39, 0.29) is 6.61 Å². The molecule has 2 fully saturated rings. The number of ether oxygens (including phenoxy) is 4. The molecule has 6 nitrogen and oxygen atoms in total. The SMILES string of the molecule is CC(=O)O[C@H]1[C@@H](CO)OC2OC(C)(C)O[C@@H]21. The molecule has 92 valence electrons. The molecule has 0 bridgehead atoms. The van der Waals surface area contributed by atoms with Crippen LogP contribution in [-0.4, -0.2) is 48.1 Å². The molecule has 1 N–H and O–H groups in total. The van der Waals surface area contributed by atoms with Crippen molar-refractivity contribution in [3.8, 4) is 0 Å². The zero-order valence-corrected chi connectivity index (χ0v) is 9.50. The van der Waals surface area contributed by atoms with Gasteiger partial charge < -0.3 is 24.1 Å². The summed E-state index contributed by atoms with van der Waals surface area (Å²) in [4.78, 5) is 11.0. The van der Waals surface area contributed by atoms with Crippen LogP contribution in [0, 0.1) is 0 Å². The first kappa shape index (κ1) is 11.8. The molecule has 2 aliphatic rings. The number of carbonyl (C=O) groups is 1. The van der Waals surface area contributed by atoms with E-state index in [1.165, 1.54) is 6.92 Å². The van der Waals surface area contributed by atoms with Crippen LogP contribution in [0.15, 0.2) is 0 Å². The molecule has 4 atom stereocenters. The standard InChI is InChI=1S/C10H16O6/c1-5(12)13-7-6(4-11)14-9-8(7)15-10(2,3)16-9/h6-9,11H,4H2,1-3H3/t6-,7+,8-,9?/m1/s1. The van der Waals surface area contributed by atoms with Crippen molar-refractivity contribution in [2.75, 3.05) is 6.61 Å². The fraction of sp³-hybridized carbons (Fsp3) is 0.900. The number of esters is 1. The first-order valence-corrected chi connectivity index (χ1v) is 5.22. The predicted molar refractivity (Wildman–Crippen MR) is 51.3 cm³/mol. The van der Waals surface area contributed by atoms with E-state index in [9.17, 15) is 4.79 Å². The molecule has 1 unspecified atom stereocenters. The largest absolute Gasteiger partial charge is 0.457 e. The van der Waals surface area contributed by atoms with E-state index in [4.69, 9.17) is 24.1 Å². The molecule has 0 aromatic rings. The van der Waals surface area contributed by atoms with Crippen LogP contribution in [0.1, 0.15) is 20.8 Å². The van der Waals surface area contributed by atoms with Crippen LogP contribution in [0.5, 0.6) is 0 Å². The van der Waals surface area contributed by atoms with Crippen molar-refractivity contribution >= 4 is 5.97 Å². The highest BCUT2D eigenvalue weighted by Crippen LogP contribution is 2.38. The summed E-state index contributed by atoms with van der Waals surface area (Å²) < 4.78 is 21.6. The summed E-state index contributed by atoms with van der Waals surface area (Å²) in [6.45, 7) is 4.59. The summed E-state index contributed by atoms with van der Waals surface area (Å²) in [6, 6.07) is 0. The Kier molecular flexibility index (Phi) is 2.91. The Bertz CT molecular complexity index is 289. The summed E-state index contributed by atoms with van der Waals surface area (Å²) in [5.41, 5.74) is 0. The van der Waals surface area contributed by atoms with Crippen molar-refractivity contribution in [2.45, 2.75) is 51.2 Å². The van der Waals surface area contributed by atoms with E-state index >= 15 is 0 Å². The Balaban J connectivity index is 2.10. The molecule has 0 radical (unpaired) electrons. The van der Waals surface area contributed by atoms with Crippen molar-refractivity contribution in [1.29, 1.82) is 0 Å². The van der Waals surface area contributed by atoms with Crippen molar-refractivity contribution < 1.29 is 28.8 Å². The van der Waals surface area contributed by atoms with Crippen LogP contribution < -0.4 is 0 Å². The Morgan fingerprint density at radius 2 is 2.12 bits per heavy atom. The van der Waals surface area contributed by atoms with Gasteiger partial charge in [-0.05, 0) is 13.8 Å². The van der Waals surface area contributed by atoms with Crippen molar-refractivity contribution in [1.82, 2.24) is 0 Å². The summed E-state index contributed by atoms with van der Waals surface area (Å²) in [7, 11) is 0. The second-order valence-electron chi connectivity index (χ2n) is 4.40. The monoisotopic (exact) mass is 232 g/mol. The topological polar surface area (TPSA) is 74.2 Å². The van der Waals surface area contributed by atoms with Crippen molar-refractivity contribution in [2.24, 2.45) is 0 Å². The lowest BCUT2D eigenvalue weighted by atomic mass is 10.1. The van der Waals surface area contributed by atoms with E-state index < -0.39 is 36.4 Å². The number of rotatable bonds is 2. The van der Waals surface area contributed by atoms with Gasteiger partial charge in [0, 0.05) is 6.92 Å². The molecule has 2 rings (SSSR count). The second kappa shape index (κ2) is 3.96. The zero-order valence-electron chi connectivity index (χ0n) is 9.50. The molecule has 0 saturated carbocycles. The van der Waals surface area contributed by atoms with Gasteiger partial charge in [-0.1, -0.05) is 0 Å². The molecule has 2 heterocycles. The van der Waals surface area contributed by atoms with Gasteiger partial charge in [0.1, 0.15) is 6.10 Å². The number of hydrogen-bond donors (Lipinski definition) is 1. The van der Waals surface area contributed by atoms with Gasteiger partial charge in [-0.25, -0.2) is 0 Å². The van der Waals surface area contributed by atoms with Gasteiger partial charge in [-0.15, -0.1) is 0 Å². The van der Waals surface area contributed by atoms with Crippen LogP contribution in [0.25, 0.3) is 0 Å². The lowest BCUT2D eigenvalue weighted by Gasteiger charge is -2.24. The van der Waals surface area contributed by atoms with Gasteiger partial charge in [0.15, 0.2) is 24.3 Å². The minimum Gasteiger partial charge on any atom is -0.457 e. The van der Waals surface area contributed by atoms with Gasteiger partial charge in [0.05, 0.1) is 6.61 Å². The maximum atomic E-state index is 11.0. The van der Waals surface area contributed by atoms with Crippen LogP contribution in [0.4, 0.5) is 0 Å². The third-order valence-electron chi connectivity index (χ3n) is 2.57. The zero-order chi connectivity index (χ0) is 11.9. The molecule has 0 aliphatic carbocycles. The highest BCUT2D eigenvalue weighted by atomic mass is 16.8. The fourth-order valence-electron chi connectivity index (χ4n) is 2.03. The Morgan fingerprint density at radius 1 is 1.44 bits per heavy atom. The van der Waals surface area contributed by atoms with Crippen LogP contribution in [-0.2, 0) is 23.7 Å². The predicted octanol–water partition coefficient (Wildman–Crippen LogP) is -0.213. The molecule has 2 saturated heterocycles. The third-order valence-corrected chi connectivity index (χ3v) is 2.57. The average Bonchev–Trinajstić information content (AvgIpc) is 2.59. The van der Waals surface area contributed by atoms with Gasteiger partial charge in [0.2, 0.25) is 0 Å². The van der Waals surface area contributed by atoms with E-state index in [0.717, 1.165) is 0 Å². The first-order chi connectivity index (χ1) is 7.43.